The van der Waals surface area contributed by atoms with E-state index >= 15 is 0 Å². The highest BCUT2D eigenvalue weighted by Gasteiger charge is 2.50. The van der Waals surface area contributed by atoms with Crippen LogP contribution in [0.2, 0.25) is 0 Å². The zero-order valence-electron chi connectivity index (χ0n) is 16.9. The van der Waals surface area contributed by atoms with Crippen molar-refractivity contribution in [3.8, 4) is 11.3 Å². The van der Waals surface area contributed by atoms with E-state index in [4.69, 9.17) is 9.84 Å². The average molecular weight is 434 g/mol. The Bertz CT molecular complexity index is 943. The number of benzene rings is 1. The number of carboxylic acid groups (broad SMARTS) is 1. The van der Waals surface area contributed by atoms with Crippen LogP contribution in [-0.2, 0) is 19.1 Å². The number of hydrogen-bond donors (Lipinski definition) is 1. The van der Waals surface area contributed by atoms with Crippen molar-refractivity contribution in [2.24, 2.45) is 11.8 Å². The van der Waals surface area contributed by atoms with E-state index in [1.165, 1.54) is 28.4 Å². The second-order valence-electron chi connectivity index (χ2n) is 7.73. The highest BCUT2D eigenvalue weighted by Crippen LogP contribution is 2.31. The van der Waals surface area contributed by atoms with E-state index < -0.39 is 24.1 Å². The van der Waals surface area contributed by atoms with E-state index in [2.05, 4.69) is 4.98 Å². The van der Waals surface area contributed by atoms with Crippen LogP contribution in [0.3, 0.4) is 0 Å². The molecule has 160 valence electrons. The van der Waals surface area contributed by atoms with E-state index in [0.29, 0.717) is 17.2 Å². The van der Waals surface area contributed by atoms with Gasteiger partial charge in [0.1, 0.15) is 5.82 Å². The lowest BCUT2D eigenvalue weighted by atomic mass is 9.90. The predicted molar refractivity (Wildman–Crippen MR) is 110 cm³/mol. The molecule has 0 unspecified atom stereocenters. The number of aliphatic carboxylic acids is 1. The van der Waals surface area contributed by atoms with Gasteiger partial charge in [0.05, 0.1) is 5.69 Å². The Morgan fingerprint density at radius 1 is 1.23 bits per heavy atom. The van der Waals surface area contributed by atoms with Gasteiger partial charge >= 0.3 is 5.97 Å². The normalized spacial score (nSPS) is 18.8. The molecule has 1 aliphatic heterocycles. The van der Waals surface area contributed by atoms with Gasteiger partial charge in [0, 0.05) is 30.3 Å². The number of ether oxygens (including phenoxy) is 1. The minimum Gasteiger partial charge on any atom is -0.479 e. The number of Topliss-reactive ketones (excluding diaryl/α,β-unsaturated/α-hetero) is 1. The first kappa shape index (κ1) is 22.0. The molecule has 0 aliphatic carbocycles. The molecule has 1 saturated heterocycles. The fourth-order valence-corrected chi connectivity index (χ4v) is 4.09. The lowest BCUT2D eigenvalue weighted by Gasteiger charge is -2.22. The van der Waals surface area contributed by atoms with Crippen molar-refractivity contribution in [1.29, 1.82) is 0 Å². The smallest absolute Gasteiger partial charge is 0.336 e. The molecule has 0 saturated carbocycles. The third-order valence-electron chi connectivity index (χ3n) is 4.85. The number of epoxide rings is 1. The van der Waals surface area contributed by atoms with E-state index in [-0.39, 0.29) is 29.8 Å². The SMILES string of the molecule is CC(C)C[C@H](CC(=O)[C@H]1O[C@@H]1C(=O)O)C(=O)N(C)c1nc(-c2ccc(F)cc2)cs1. The van der Waals surface area contributed by atoms with E-state index in [1.54, 1.807) is 24.6 Å². The Morgan fingerprint density at radius 3 is 2.47 bits per heavy atom. The van der Waals surface area contributed by atoms with Gasteiger partial charge in [0.25, 0.3) is 0 Å². The molecule has 2 heterocycles. The topological polar surface area (TPSA) is 100 Å². The van der Waals surface area contributed by atoms with Crippen molar-refractivity contribution >= 4 is 34.1 Å². The highest BCUT2D eigenvalue weighted by atomic mass is 32.1. The molecule has 3 atom stereocenters. The number of carbonyl (C=O) groups is 3. The van der Waals surface area contributed by atoms with Crippen LogP contribution >= 0.6 is 11.3 Å². The van der Waals surface area contributed by atoms with Crippen molar-refractivity contribution in [3.05, 3.63) is 35.5 Å². The van der Waals surface area contributed by atoms with Crippen LogP contribution < -0.4 is 4.90 Å². The van der Waals surface area contributed by atoms with Crippen molar-refractivity contribution in [2.75, 3.05) is 11.9 Å². The Kier molecular flexibility index (Phi) is 6.62. The molecule has 1 amide bonds. The van der Waals surface area contributed by atoms with E-state index in [1.807, 2.05) is 13.8 Å². The molecule has 1 aromatic carbocycles. The van der Waals surface area contributed by atoms with Gasteiger partial charge in [-0.1, -0.05) is 13.8 Å². The summed E-state index contributed by atoms with van der Waals surface area (Å²) in [6, 6.07) is 5.92. The molecule has 0 spiro atoms. The minimum atomic E-state index is -1.17. The zero-order chi connectivity index (χ0) is 22.0. The maximum atomic E-state index is 13.1. The standard InChI is InChI=1S/C21H23FN2O5S/c1-11(2)8-13(9-16(25)17-18(29-17)20(27)28)19(26)24(3)21-23-15(10-30-21)12-4-6-14(22)7-5-12/h4-7,10-11,13,17-18H,8-9H2,1-3H3,(H,27,28)/t13-,17-,18+/m1/s1. The molecule has 9 heteroatoms. The van der Waals surface area contributed by atoms with Gasteiger partial charge in [-0.05, 0) is 36.6 Å². The summed E-state index contributed by atoms with van der Waals surface area (Å²) >= 11 is 1.28. The Morgan fingerprint density at radius 2 is 1.90 bits per heavy atom. The average Bonchev–Trinajstić information content (AvgIpc) is 3.36. The molecule has 0 radical (unpaired) electrons. The number of hydrogen-bond acceptors (Lipinski definition) is 6. The van der Waals surface area contributed by atoms with Gasteiger partial charge < -0.3 is 9.84 Å². The second-order valence-corrected chi connectivity index (χ2v) is 8.57. The van der Waals surface area contributed by atoms with Crippen LogP contribution in [0.15, 0.2) is 29.6 Å². The van der Waals surface area contributed by atoms with Crippen molar-refractivity contribution in [1.82, 2.24) is 4.98 Å². The monoisotopic (exact) mass is 434 g/mol. The molecule has 1 aromatic heterocycles. The Hall–Kier alpha value is -2.65. The molecule has 30 heavy (non-hydrogen) atoms. The van der Waals surface area contributed by atoms with Gasteiger partial charge in [-0.3, -0.25) is 14.5 Å². The molecule has 1 fully saturated rings. The largest absolute Gasteiger partial charge is 0.479 e. The predicted octanol–water partition coefficient (Wildman–Crippen LogP) is 3.39. The fraction of sp³-hybridized carbons (Fsp3) is 0.429. The molecular weight excluding hydrogens is 411 g/mol. The van der Waals surface area contributed by atoms with Crippen LogP contribution in [0.25, 0.3) is 11.3 Å². The first-order valence-electron chi connectivity index (χ1n) is 9.57. The quantitative estimate of drug-likeness (QED) is 0.608. The van der Waals surface area contributed by atoms with Crippen LogP contribution in [0.5, 0.6) is 0 Å². The van der Waals surface area contributed by atoms with Crippen LogP contribution in [0, 0.1) is 17.7 Å². The molecule has 1 N–H and O–H groups in total. The van der Waals surface area contributed by atoms with Crippen LogP contribution in [0.1, 0.15) is 26.7 Å². The second kappa shape index (κ2) is 9.01. The summed E-state index contributed by atoms with van der Waals surface area (Å²) in [6.07, 6.45) is -1.68. The fourth-order valence-electron chi connectivity index (χ4n) is 3.28. The maximum absolute atomic E-state index is 13.1. The first-order valence-corrected chi connectivity index (χ1v) is 10.4. The third-order valence-corrected chi connectivity index (χ3v) is 5.77. The summed E-state index contributed by atoms with van der Waals surface area (Å²) in [5.41, 5.74) is 1.36. The summed E-state index contributed by atoms with van der Waals surface area (Å²) in [4.78, 5) is 42.3. The van der Waals surface area contributed by atoms with Crippen LogP contribution in [0.4, 0.5) is 9.52 Å². The summed E-state index contributed by atoms with van der Waals surface area (Å²) in [5, 5.41) is 11.2. The molecule has 3 rings (SSSR count). The number of thiazole rings is 1. The highest BCUT2D eigenvalue weighted by molar-refractivity contribution is 7.14. The molecule has 7 nitrogen and oxygen atoms in total. The Labute approximate surface area is 177 Å². The molecule has 1 aliphatic rings. The summed E-state index contributed by atoms with van der Waals surface area (Å²) < 4.78 is 18.0. The number of aromatic nitrogens is 1. The van der Waals surface area contributed by atoms with Crippen molar-refractivity contribution < 1.29 is 28.6 Å². The molecule has 2 aromatic rings. The number of halogens is 1. The minimum absolute atomic E-state index is 0.0774. The summed E-state index contributed by atoms with van der Waals surface area (Å²) in [6.45, 7) is 3.91. The number of ketones is 1. The van der Waals surface area contributed by atoms with Gasteiger partial charge in [0.15, 0.2) is 23.1 Å². The van der Waals surface area contributed by atoms with Crippen LogP contribution in [-0.4, -0.2) is 47.0 Å². The van der Waals surface area contributed by atoms with Gasteiger partial charge in [-0.25, -0.2) is 14.2 Å². The lowest BCUT2D eigenvalue weighted by molar-refractivity contribution is -0.138. The number of rotatable bonds is 9. The number of amides is 1. The van der Waals surface area contributed by atoms with Crippen molar-refractivity contribution in [2.45, 2.75) is 38.9 Å². The third kappa shape index (κ3) is 5.09. The van der Waals surface area contributed by atoms with Gasteiger partial charge in [-0.2, -0.15) is 0 Å². The summed E-state index contributed by atoms with van der Waals surface area (Å²) in [5.74, 6) is -2.58. The number of anilines is 1. The maximum Gasteiger partial charge on any atom is 0.336 e. The van der Waals surface area contributed by atoms with Gasteiger partial charge in [-0.15, -0.1) is 11.3 Å². The van der Waals surface area contributed by atoms with E-state index in [9.17, 15) is 18.8 Å². The number of carboxylic acids is 1. The molecule has 0 bridgehead atoms. The number of nitrogens with zero attached hydrogens (tertiary/aromatic N) is 2. The van der Waals surface area contributed by atoms with Gasteiger partial charge in [0.2, 0.25) is 5.91 Å². The number of carbonyl (C=O) groups excluding carboxylic acids is 2. The van der Waals surface area contributed by atoms with Crippen molar-refractivity contribution in [3.63, 3.8) is 0 Å². The first-order chi connectivity index (χ1) is 14.2. The molecular formula is C21H23FN2O5S. The summed E-state index contributed by atoms with van der Waals surface area (Å²) in [7, 11) is 1.60. The zero-order valence-corrected chi connectivity index (χ0v) is 17.7. The van der Waals surface area contributed by atoms with E-state index in [0.717, 1.165) is 5.56 Å². The lowest BCUT2D eigenvalue weighted by Crippen LogP contribution is -2.35. The Balaban J connectivity index is 1.71.